The van der Waals surface area contributed by atoms with Crippen LogP contribution in [-0.2, 0) is 9.59 Å². The molecule has 1 aromatic carbocycles. The molecule has 0 saturated carbocycles. The number of alkyl halides is 6. The zero-order chi connectivity index (χ0) is 33.2. The van der Waals surface area contributed by atoms with E-state index in [0.717, 1.165) is 71.3 Å². The van der Waals surface area contributed by atoms with Crippen molar-refractivity contribution in [2.75, 3.05) is 44.2 Å². The van der Waals surface area contributed by atoms with Gasteiger partial charge in [-0.15, -0.1) is 0 Å². The van der Waals surface area contributed by atoms with Crippen molar-refractivity contribution in [3.8, 4) is 17.1 Å². The summed E-state index contributed by atoms with van der Waals surface area (Å²) in [6.45, 7) is 5.63. The van der Waals surface area contributed by atoms with Crippen molar-refractivity contribution >= 4 is 44.9 Å². The number of H-pyrrole nitrogens is 1. The second kappa shape index (κ2) is 15.5. The maximum Gasteiger partial charge on any atom is 0.490 e. The molecule has 1 aliphatic rings. The van der Waals surface area contributed by atoms with E-state index in [4.69, 9.17) is 24.5 Å². The molecule has 11 nitrogen and oxygen atoms in total. The number of benzene rings is 1. The summed E-state index contributed by atoms with van der Waals surface area (Å²) in [7, 11) is 0. The number of carboxylic acid groups (broad SMARTS) is 2. The van der Waals surface area contributed by atoms with Gasteiger partial charge < -0.3 is 24.8 Å². The van der Waals surface area contributed by atoms with Gasteiger partial charge in [0.25, 0.3) is 0 Å². The van der Waals surface area contributed by atoms with E-state index in [0.29, 0.717) is 6.61 Å². The van der Waals surface area contributed by atoms with Crippen molar-refractivity contribution in [3.05, 3.63) is 65.4 Å². The van der Waals surface area contributed by atoms with E-state index in [2.05, 4.69) is 51.7 Å². The number of carboxylic acids is 2. The number of hydrogen-bond acceptors (Lipinski definition) is 8. The van der Waals surface area contributed by atoms with Gasteiger partial charge in [0.05, 0.1) is 0 Å². The summed E-state index contributed by atoms with van der Waals surface area (Å²) in [5.41, 5.74) is 2.63. The van der Waals surface area contributed by atoms with Gasteiger partial charge in [-0.05, 0) is 58.4 Å². The molecule has 4 aromatic rings. The Bertz CT molecular complexity index is 1520. The molecule has 0 amide bonds. The van der Waals surface area contributed by atoms with Crippen LogP contribution in [0.25, 0.3) is 22.6 Å². The number of hydrogen-bond donors (Lipinski definition) is 3. The third-order valence-electron chi connectivity index (χ3n) is 5.94. The number of rotatable bonds is 6. The topological polar surface area (TPSA) is 145 Å². The summed E-state index contributed by atoms with van der Waals surface area (Å²) >= 11 is 3.43. The molecule has 4 heterocycles. The van der Waals surface area contributed by atoms with Crippen LogP contribution in [0.15, 0.2) is 65.4 Å². The number of fused-ring (bicyclic) bond motifs is 1. The second-order valence-electron chi connectivity index (χ2n) is 9.10. The fourth-order valence-electron chi connectivity index (χ4n) is 3.75. The Labute approximate surface area is 259 Å². The van der Waals surface area contributed by atoms with Crippen LogP contribution in [0.3, 0.4) is 0 Å². The van der Waals surface area contributed by atoms with Crippen molar-refractivity contribution in [2.45, 2.75) is 12.4 Å². The first-order chi connectivity index (χ1) is 21.1. The smallest absolute Gasteiger partial charge is 0.490 e. The molecule has 0 unspecified atom stereocenters. The summed E-state index contributed by atoms with van der Waals surface area (Å²) in [6.07, 6.45) is -6.55. The number of nitrogens with zero attached hydrogens (tertiary/aromatic N) is 5. The Morgan fingerprint density at radius 1 is 0.911 bits per heavy atom. The highest BCUT2D eigenvalue weighted by Crippen LogP contribution is 2.24. The first-order valence-electron chi connectivity index (χ1n) is 12.9. The number of aromatic amines is 1. The van der Waals surface area contributed by atoms with Crippen LogP contribution < -0.4 is 9.64 Å². The SMILES string of the molecule is Brc1cnc2[nH]c(-c3ccc(OCCN4CCN(c5ccccn5)CC4)cc3)nc2c1.O=C(O)C(F)(F)F.O=C(O)C(F)(F)F. The largest absolute Gasteiger partial charge is 0.492 e. The lowest BCUT2D eigenvalue weighted by atomic mass is 10.2. The highest BCUT2D eigenvalue weighted by Gasteiger charge is 2.38. The van der Waals surface area contributed by atoms with Gasteiger partial charge in [-0.3, -0.25) is 4.90 Å². The molecule has 3 aromatic heterocycles. The van der Waals surface area contributed by atoms with Crippen molar-refractivity contribution in [1.82, 2.24) is 24.8 Å². The predicted molar refractivity (Wildman–Crippen MR) is 153 cm³/mol. The Balaban J connectivity index is 0.000000331. The van der Waals surface area contributed by atoms with Crippen LogP contribution in [0.1, 0.15) is 0 Å². The van der Waals surface area contributed by atoms with E-state index in [1.807, 2.05) is 48.7 Å². The summed E-state index contributed by atoms with van der Waals surface area (Å²) in [6, 6.07) is 16.0. The molecule has 0 spiro atoms. The van der Waals surface area contributed by atoms with Gasteiger partial charge in [-0.25, -0.2) is 24.5 Å². The van der Waals surface area contributed by atoms with Gasteiger partial charge in [-0.2, -0.15) is 26.3 Å². The number of halogens is 7. The summed E-state index contributed by atoms with van der Waals surface area (Å²) < 4.78 is 70.4. The van der Waals surface area contributed by atoms with E-state index in [9.17, 15) is 26.3 Å². The van der Waals surface area contributed by atoms with Crippen LogP contribution in [0.4, 0.5) is 32.2 Å². The molecule has 1 aliphatic heterocycles. The maximum atomic E-state index is 10.6. The number of nitrogens with one attached hydrogen (secondary N) is 1. The minimum atomic E-state index is -5.08. The molecule has 0 atom stereocenters. The number of piperazine rings is 1. The van der Waals surface area contributed by atoms with Crippen molar-refractivity contribution in [1.29, 1.82) is 0 Å². The second-order valence-corrected chi connectivity index (χ2v) is 10.0. The lowest BCUT2D eigenvalue weighted by Crippen LogP contribution is -2.47. The number of ether oxygens (including phenoxy) is 1. The molecular weight excluding hydrogens is 682 g/mol. The number of aliphatic carboxylic acids is 2. The lowest BCUT2D eigenvalue weighted by Gasteiger charge is -2.35. The van der Waals surface area contributed by atoms with Crippen molar-refractivity contribution in [3.63, 3.8) is 0 Å². The monoisotopic (exact) mass is 706 g/mol. The fraction of sp³-hybridized carbons (Fsp3) is 0.296. The highest BCUT2D eigenvalue weighted by molar-refractivity contribution is 9.10. The van der Waals surface area contributed by atoms with Crippen molar-refractivity contribution < 1.29 is 50.9 Å². The molecule has 242 valence electrons. The third-order valence-corrected chi connectivity index (χ3v) is 6.37. The Hall–Kier alpha value is -4.45. The van der Waals surface area contributed by atoms with Gasteiger partial charge in [0, 0.05) is 55.2 Å². The van der Waals surface area contributed by atoms with Gasteiger partial charge >= 0.3 is 24.3 Å². The lowest BCUT2D eigenvalue weighted by molar-refractivity contribution is -0.193. The number of imidazole rings is 1. The average molecular weight is 707 g/mol. The summed E-state index contributed by atoms with van der Waals surface area (Å²) in [5.74, 6) is -2.78. The maximum absolute atomic E-state index is 10.6. The molecule has 0 aliphatic carbocycles. The van der Waals surface area contributed by atoms with E-state index < -0.39 is 24.3 Å². The Kier molecular flexibility index (Phi) is 12.1. The normalized spacial score (nSPS) is 13.7. The first kappa shape index (κ1) is 35.0. The van der Waals surface area contributed by atoms with E-state index in [1.165, 1.54) is 0 Å². The van der Waals surface area contributed by atoms with E-state index >= 15 is 0 Å². The first-order valence-corrected chi connectivity index (χ1v) is 13.7. The van der Waals surface area contributed by atoms with Gasteiger partial charge in [0.2, 0.25) is 0 Å². The van der Waals surface area contributed by atoms with Crippen LogP contribution >= 0.6 is 15.9 Å². The zero-order valence-electron chi connectivity index (χ0n) is 23.0. The number of carbonyl (C=O) groups is 2. The summed E-state index contributed by atoms with van der Waals surface area (Å²) in [5, 5.41) is 14.2. The number of pyridine rings is 2. The van der Waals surface area contributed by atoms with Gasteiger partial charge in [0.15, 0.2) is 5.65 Å². The summed E-state index contributed by atoms with van der Waals surface area (Å²) in [4.78, 5) is 39.2. The van der Waals surface area contributed by atoms with Crippen LogP contribution in [0.2, 0.25) is 0 Å². The molecule has 0 bridgehead atoms. The third kappa shape index (κ3) is 11.2. The average Bonchev–Trinajstić information content (AvgIpc) is 3.41. The molecule has 18 heteroatoms. The van der Waals surface area contributed by atoms with Gasteiger partial charge in [0.1, 0.15) is 29.5 Å². The Morgan fingerprint density at radius 3 is 2.04 bits per heavy atom. The molecule has 3 N–H and O–H groups in total. The van der Waals surface area contributed by atoms with Crippen LogP contribution in [-0.4, -0.2) is 98.7 Å². The van der Waals surface area contributed by atoms with Crippen molar-refractivity contribution in [2.24, 2.45) is 0 Å². The standard InChI is InChI=1S/C23H23BrN6O.2C2HF3O2/c24-18-15-20-23(26-16-18)28-22(27-20)17-4-6-19(7-5-17)31-14-13-29-9-11-30(12-10-29)21-3-1-2-8-25-21;2*3-2(4,5)1(6)7/h1-8,15-16H,9-14H2,(H,26,27,28);2*(H,6,7). The molecular formula is C27H25BrF6N6O5. The predicted octanol–water partition coefficient (Wildman–Crippen LogP) is 5.25. The zero-order valence-corrected chi connectivity index (χ0v) is 24.6. The number of anilines is 1. The molecule has 1 saturated heterocycles. The van der Waals surface area contributed by atoms with E-state index in [-0.39, 0.29) is 0 Å². The highest BCUT2D eigenvalue weighted by atomic mass is 79.9. The minimum absolute atomic E-state index is 0.672. The fourth-order valence-corrected chi connectivity index (χ4v) is 4.07. The quantitative estimate of drug-likeness (QED) is 0.228. The molecule has 45 heavy (non-hydrogen) atoms. The molecule has 1 fully saturated rings. The van der Waals surface area contributed by atoms with Crippen LogP contribution in [0.5, 0.6) is 5.75 Å². The van der Waals surface area contributed by atoms with E-state index in [1.54, 1.807) is 6.20 Å². The number of aromatic nitrogens is 4. The van der Waals surface area contributed by atoms with Crippen LogP contribution in [0, 0.1) is 0 Å². The van der Waals surface area contributed by atoms with Gasteiger partial charge in [-0.1, -0.05) is 6.07 Å². The Morgan fingerprint density at radius 2 is 1.51 bits per heavy atom. The minimum Gasteiger partial charge on any atom is -0.492 e. The molecule has 5 rings (SSSR count). The molecule has 0 radical (unpaired) electrons.